The Balaban J connectivity index is 1.82. The van der Waals surface area contributed by atoms with Crippen LogP contribution in [0.5, 0.6) is 5.75 Å². The number of nitrogens with zero attached hydrogens (tertiary/aromatic N) is 5. The summed E-state index contributed by atoms with van der Waals surface area (Å²) in [5, 5.41) is 13.3. The van der Waals surface area contributed by atoms with Gasteiger partial charge in [-0.2, -0.15) is 0 Å². The Bertz CT molecular complexity index is 1040. The summed E-state index contributed by atoms with van der Waals surface area (Å²) in [4.78, 5) is 18.6. The summed E-state index contributed by atoms with van der Waals surface area (Å²) >= 11 is 0. The van der Waals surface area contributed by atoms with Gasteiger partial charge < -0.3 is 14.5 Å². The molecule has 9 heteroatoms. The highest BCUT2D eigenvalue weighted by Crippen LogP contribution is 2.29. The fourth-order valence-electron chi connectivity index (χ4n) is 4.12. The number of H-pyrrole nitrogens is 1. The van der Waals surface area contributed by atoms with Gasteiger partial charge in [0.1, 0.15) is 11.8 Å². The maximum atomic E-state index is 13.2. The van der Waals surface area contributed by atoms with Crippen molar-refractivity contribution in [2.45, 2.75) is 38.3 Å². The molecule has 0 radical (unpaired) electrons. The standard InChI is InChI=1S/C21H28N6O3/c1-29-12-11-27-20(23-24-25-27)19(26-9-5-3-4-6-10-26)17-13-15-7-8-16(30-2)14-18(15)22-21(17)28/h7-8,13-14,19H,3-6,9-12H2,1-2H3,(H,22,28)/t19-/m1/s1. The van der Waals surface area contributed by atoms with Gasteiger partial charge in [0, 0.05) is 18.7 Å². The largest absolute Gasteiger partial charge is 0.497 e. The molecule has 3 aromatic rings. The van der Waals surface area contributed by atoms with Crippen LogP contribution in [0.1, 0.15) is 43.1 Å². The fraction of sp³-hybridized carbons (Fsp3) is 0.524. The van der Waals surface area contributed by atoms with Crippen molar-refractivity contribution in [3.8, 4) is 5.75 Å². The minimum absolute atomic E-state index is 0.133. The van der Waals surface area contributed by atoms with Crippen LogP contribution < -0.4 is 10.3 Å². The molecule has 1 fully saturated rings. The Kier molecular flexibility index (Phi) is 6.39. The van der Waals surface area contributed by atoms with Crippen molar-refractivity contribution >= 4 is 10.9 Å². The number of rotatable bonds is 7. The third-order valence-corrected chi connectivity index (χ3v) is 5.69. The first kappa shape index (κ1) is 20.5. The number of benzene rings is 1. The summed E-state index contributed by atoms with van der Waals surface area (Å²) in [6, 6.07) is 7.34. The van der Waals surface area contributed by atoms with E-state index in [2.05, 4.69) is 25.4 Å². The lowest BCUT2D eigenvalue weighted by molar-refractivity contribution is 0.175. The van der Waals surface area contributed by atoms with Gasteiger partial charge in [0.15, 0.2) is 5.82 Å². The van der Waals surface area contributed by atoms with Crippen LogP contribution in [-0.4, -0.2) is 64.0 Å². The van der Waals surface area contributed by atoms with E-state index in [0.717, 1.165) is 36.8 Å². The van der Waals surface area contributed by atoms with Crippen molar-refractivity contribution in [2.24, 2.45) is 0 Å². The number of fused-ring (bicyclic) bond motifs is 1. The fourth-order valence-corrected chi connectivity index (χ4v) is 4.12. The number of tetrazole rings is 1. The third kappa shape index (κ3) is 4.22. The van der Waals surface area contributed by atoms with Crippen LogP contribution in [0.2, 0.25) is 0 Å². The lowest BCUT2D eigenvalue weighted by Crippen LogP contribution is -2.36. The van der Waals surface area contributed by atoms with Crippen LogP contribution in [0.4, 0.5) is 0 Å². The van der Waals surface area contributed by atoms with E-state index in [1.807, 2.05) is 24.3 Å². The van der Waals surface area contributed by atoms with Gasteiger partial charge in [0.05, 0.1) is 25.8 Å². The van der Waals surface area contributed by atoms with Crippen molar-refractivity contribution in [1.82, 2.24) is 30.1 Å². The van der Waals surface area contributed by atoms with Crippen molar-refractivity contribution in [3.05, 3.63) is 46.0 Å². The molecule has 9 nitrogen and oxygen atoms in total. The van der Waals surface area contributed by atoms with E-state index in [1.54, 1.807) is 18.9 Å². The Labute approximate surface area is 175 Å². The second-order valence-corrected chi connectivity index (χ2v) is 7.61. The van der Waals surface area contributed by atoms with E-state index >= 15 is 0 Å². The van der Waals surface area contributed by atoms with Gasteiger partial charge in [0.25, 0.3) is 5.56 Å². The van der Waals surface area contributed by atoms with Gasteiger partial charge in [-0.05, 0) is 59.9 Å². The molecule has 30 heavy (non-hydrogen) atoms. The summed E-state index contributed by atoms with van der Waals surface area (Å²) in [5.74, 6) is 1.38. The topological polar surface area (TPSA) is 98.2 Å². The van der Waals surface area contributed by atoms with Crippen LogP contribution in [-0.2, 0) is 11.3 Å². The molecule has 1 aliphatic rings. The molecule has 0 aliphatic carbocycles. The van der Waals surface area contributed by atoms with Crippen LogP contribution in [0, 0.1) is 0 Å². The Morgan fingerprint density at radius 2 is 1.93 bits per heavy atom. The molecule has 1 aliphatic heterocycles. The van der Waals surface area contributed by atoms with E-state index in [1.165, 1.54) is 12.8 Å². The van der Waals surface area contributed by atoms with Gasteiger partial charge in [-0.1, -0.05) is 12.8 Å². The van der Waals surface area contributed by atoms with Crippen LogP contribution in [0.15, 0.2) is 29.1 Å². The monoisotopic (exact) mass is 412 g/mol. The lowest BCUT2D eigenvalue weighted by Gasteiger charge is -2.29. The lowest BCUT2D eigenvalue weighted by atomic mass is 10.0. The first-order valence-electron chi connectivity index (χ1n) is 10.4. The highest BCUT2D eigenvalue weighted by Gasteiger charge is 2.30. The van der Waals surface area contributed by atoms with Crippen molar-refractivity contribution < 1.29 is 9.47 Å². The highest BCUT2D eigenvalue weighted by molar-refractivity contribution is 5.80. The summed E-state index contributed by atoms with van der Waals surface area (Å²) in [6.45, 7) is 2.84. The number of methoxy groups -OCH3 is 2. The van der Waals surface area contributed by atoms with Gasteiger partial charge in [-0.3, -0.25) is 9.69 Å². The van der Waals surface area contributed by atoms with Crippen molar-refractivity contribution in [1.29, 1.82) is 0 Å². The predicted molar refractivity (Wildman–Crippen MR) is 113 cm³/mol. The first-order chi connectivity index (χ1) is 14.7. The number of pyridine rings is 1. The molecule has 1 atom stereocenters. The molecule has 1 aromatic carbocycles. The normalized spacial score (nSPS) is 16.5. The number of likely N-dealkylation sites (tertiary alicyclic amines) is 1. The number of ether oxygens (including phenoxy) is 2. The van der Waals surface area contributed by atoms with Crippen LogP contribution in [0.25, 0.3) is 10.9 Å². The molecule has 0 bridgehead atoms. The minimum atomic E-state index is -0.315. The number of hydrogen-bond acceptors (Lipinski definition) is 7. The van der Waals surface area contributed by atoms with Gasteiger partial charge in [-0.15, -0.1) is 5.10 Å². The molecule has 0 spiro atoms. The van der Waals surface area contributed by atoms with Gasteiger partial charge in [-0.25, -0.2) is 4.68 Å². The summed E-state index contributed by atoms with van der Waals surface area (Å²) in [5.41, 5.74) is 1.27. The molecular weight excluding hydrogens is 384 g/mol. The van der Waals surface area contributed by atoms with E-state index < -0.39 is 0 Å². The SMILES string of the molecule is COCCn1nnnc1[C@@H](c1cc2ccc(OC)cc2[nH]c1=O)N1CCCCCC1. The van der Waals surface area contributed by atoms with E-state index in [-0.39, 0.29) is 11.6 Å². The quantitative estimate of drug-likeness (QED) is 0.635. The number of nitrogens with one attached hydrogen (secondary N) is 1. The molecule has 0 unspecified atom stereocenters. The zero-order valence-corrected chi connectivity index (χ0v) is 17.5. The first-order valence-corrected chi connectivity index (χ1v) is 10.4. The number of aromatic amines is 1. The molecule has 0 amide bonds. The third-order valence-electron chi connectivity index (χ3n) is 5.69. The van der Waals surface area contributed by atoms with Gasteiger partial charge in [0.2, 0.25) is 0 Å². The van der Waals surface area contributed by atoms with Crippen LogP contribution in [0.3, 0.4) is 0 Å². The summed E-state index contributed by atoms with van der Waals surface area (Å²) in [6.07, 6.45) is 4.59. The Morgan fingerprint density at radius 1 is 1.13 bits per heavy atom. The molecule has 1 N–H and O–H groups in total. The average molecular weight is 412 g/mol. The van der Waals surface area contributed by atoms with E-state index in [9.17, 15) is 4.79 Å². The van der Waals surface area contributed by atoms with E-state index in [0.29, 0.717) is 30.3 Å². The average Bonchev–Trinajstić information content (AvgIpc) is 3.05. The smallest absolute Gasteiger partial charge is 0.253 e. The van der Waals surface area contributed by atoms with Crippen LogP contribution >= 0.6 is 0 Å². The molecule has 160 valence electrons. The molecule has 0 saturated carbocycles. The summed E-state index contributed by atoms with van der Waals surface area (Å²) < 4.78 is 12.3. The highest BCUT2D eigenvalue weighted by atomic mass is 16.5. The molecule has 3 heterocycles. The van der Waals surface area contributed by atoms with Gasteiger partial charge >= 0.3 is 0 Å². The molecule has 1 saturated heterocycles. The molecule has 4 rings (SSSR count). The summed E-state index contributed by atoms with van der Waals surface area (Å²) in [7, 11) is 3.27. The zero-order valence-electron chi connectivity index (χ0n) is 17.5. The predicted octanol–water partition coefficient (Wildman–Crippen LogP) is 2.13. The van der Waals surface area contributed by atoms with Crippen molar-refractivity contribution in [3.63, 3.8) is 0 Å². The maximum Gasteiger partial charge on any atom is 0.253 e. The Hall–Kier alpha value is -2.78. The molecular formula is C21H28N6O3. The minimum Gasteiger partial charge on any atom is -0.497 e. The number of hydrogen-bond donors (Lipinski definition) is 1. The second kappa shape index (κ2) is 9.36. The van der Waals surface area contributed by atoms with E-state index in [4.69, 9.17) is 9.47 Å². The Morgan fingerprint density at radius 3 is 2.67 bits per heavy atom. The number of aromatic nitrogens is 5. The van der Waals surface area contributed by atoms with Crippen molar-refractivity contribution in [2.75, 3.05) is 33.9 Å². The zero-order chi connectivity index (χ0) is 20.9. The maximum absolute atomic E-state index is 13.2. The second-order valence-electron chi connectivity index (χ2n) is 7.61. The molecule has 2 aromatic heterocycles.